The smallest absolute Gasteiger partial charge is 0.408 e. The molecule has 0 aliphatic carbocycles. The van der Waals surface area contributed by atoms with Crippen molar-refractivity contribution < 1.29 is 18.3 Å². The van der Waals surface area contributed by atoms with Crippen molar-refractivity contribution in [1.29, 1.82) is 0 Å². The minimum Gasteiger partial charge on any atom is -0.444 e. The largest absolute Gasteiger partial charge is 0.444 e. The molecule has 0 saturated heterocycles. The highest BCUT2D eigenvalue weighted by Crippen LogP contribution is 2.09. The average Bonchev–Trinajstić information content (AvgIpc) is 2.08. The standard InChI is InChI=1S/C10H20F2N2O2/c1-10(2,3)16-9(15)14-7(8(11)12)5-6-13-4/h7-8,13H,5-6H2,1-4H3,(H,14,15). The van der Waals surface area contributed by atoms with Crippen LogP contribution in [0.1, 0.15) is 27.2 Å². The summed E-state index contributed by atoms with van der Waals surface area (Å²) in [6.45, 7) is 5.44. The predicted octanol–water partition coefficient (Wildman–Crippen LogP) is 1.75. The van der Waals surface area contributed by atoms with Gasteiger partial charge in [-0.2, -0.15) is 0 Å². The molecule has 0 fully saturated rings. The highest BCUT2D eigenvalue weighted by Gasteiger charge is 2.24. The van der Waals surface area contributed by atoms with Gasteiger partial charge in [-0.25, -0.2) is 13.6 Å². The van der Waals surface area contributed by atoms with Crippen LogP contribution in [0.25, 0.3) is 0 Å². The van der Waals surface area contributed by atoms with E-state index in [2.05, 4.69) is 10.6 Å². The van der Waals surface area contributed by atoms with Gasteiger partial charge in [-0.1, -0.05) is 0 Å². The van der Waals surface area contributed by atoms with Crippen molar-refractivity contribution in [2.75, 3.05) is 13.6 Å². The fourth-order valence-corrected chi connectivity index (χ4v) is 1.02. The Kier molecular flexibility index (Phi) is 6.25. The fourth-order valence-electron chi connectivity index (χ4n) is 1.02. The van der Waals surface area contributed by atoms with E-state index in [0.717, 1.165) is 0 Å². The number of nitrogens with one attached hydrogen (secondary N) is 2. The van der Waals surface area contributed by atoms with Crippen molar-refractivity contribution in [2.24, 2.45) is 0 Å². The molecule has 0 spiro atoms. The number of hydrogen-bond acceptors (Lipinski definition) is 3. The lowest BCUT2D eigenvalue weighted by Gasteiger charge is -2.23. The third-order valence-corrected chi connectivity index (χ3v) is 1.71. The molecule has 0 aromatic carbocycles. The van der Waals surface area contributed by atoms with Crippen LogP contribution in [0.4, 0.5) is 13.6 Å². The molecule has 0 aromatic heterocycles. The second kappa shape index (κ2) is 6.62. The minimum atomic E-state index is -2.60. The van der Waals surface area contributed by atoms with Gasteiger partial charge in [-0.05, 0) is 40.8 Å². The molecule has 6 heteroatoms. The second-order valence-electron chi connectivity index (χ2n) is 4.48. The normalized spacial score (nSPS) is 13.7. The first kappa shape index (κ1) is 15.1. The molecule has 0 radical (unpaired) electrons. The number of carbonyl (C=O) groups excluding carboxylic acids is 1. The first-order valence-corrected chi connectivity index (χ1v) is 5.18. The van der Waals surface area contributed by atoms with E-state index in [9.17, 15) is 13.6 Å². The van der Waals surface area contributed by atoms with E-state index in [4.69, 9.17) is 4.74 Å². The molecular formula is C10H20F2N2O2. The summed E-state index contributed by atoms with van der Waals surface area (Å²) in [7, 11) is 1.66. The Labute approximate surface area is 94.7 Å². The molecule has 0 rings (SSSR count). The quantitative estimate of drug-likeness (QED) is 0.767. The van der Waals surface area contributed by atoms with Crippen molar-refractivity contribution in [2.45, 2.75) is 45.3 Å². The number of halogens is 2. The molecule has 96 valence electrons. The maximum atomic E-state index is 12.5. The molecule has 0 aliphatic heterocycles. The van der Waals surface area contributed by atoms with Crippen LogP contribution in [0, 0.1) is 0 Å². The van der Waals surface area contributed by atoms with Gasteiger partial charge in [0.1, 0.15) is 5.60 Å². The number of hydrogen-bond donors (Lipinski definition) is 2. The Balaban J connectivity index is 4.13. The summed E-state index contributed by atoms with van der Waals surface area (Å²) >= 11 is 0. The van der Waals surface area contributed by atoms with Gasteiger partial charge in [0.05, 0.1) is 6.04 Å². The third kappa shape index (κ3) is 7.39. The molecule has 16 heavy (non-hydrogen) atoms. The van der Waals surface area contributed by atoms with E-state index < -0.39 is 24.2 Å². The van der Waals surface area contributed by atoms with E-state index in [1.54, 1.807) is 27.8 Å². The number of amides is 1. The summed E-state index contributed by atoms with van der Waals surface area (Å²) < 4.78 is 29.9. The Morgan fingerprint density at radius 3 is 2.31 bits per heavy atom. The van der Waals surface area contributed by atoms with Gasteiger partial charge in [0.2, 0.25) is 0 Å². The van der Waals surface area contributed by atoms with Crippen LogP contribution in [0.5, 0.6) is 0 Å². The van der Waals surface area contributed by atoms with E-state index in [1.807, 2.05) is 0 Å². The van der Waals surface area contributed by atoms with Gasteiger partial charge >= 0.3 is 6.09 Å². The van der Waals surface area contributed by atoms with Crippen LogP contribution in [-0.2, 0) is 4.74 Å². The predicted molar refractivity (Wildman–Crippen MR) is 57.7 cm³/mol. The average molecular weight is 238 g/mol. The first-order chi connectivity index (χ1) is 7.26. The lowest BCUT2D eigenvalue weighted by Crippen LogP contribution is -2.44. The molecule has 0 aliphatic rings. The van der Waals surface area contributed by atoms with Crippen molar-refractivity contribution in [3.05, 3.63) is 0 Å². The summed E-state index contributed by atoms with van der Waals surface area (Å²) in [6.07, 6.45) is -3.25. The minimum absolute atomic E-state index is 0.160. The van der Waals surface area contributed by atoms with Crippen molar-refractivity contribution in [3.63, 3.8) is 0 Å². The summed E-state index contributed by atoms with van der Waals surface area (Å²) in [4.78, 5) is 11.2. The molecule has 2 N–H and O–H groups in total. The third-order valence-electron chi connectivity index (χ3n) is 1.71. The van der Waals surface area contributed by atoms with Crippen LogP contribution in [0.15, 0.2) is 0 Å². The second-order valence-corrected chi connectivity index (χ2v) is 4.48. The van der Waals surface area contributed by atoms with Crippen LogP contribution in [0.3, 0.4) is 0 Å². The number of rotatable bonds is 5. The topological polar surface area (TPSA) is 50.4 Å². The summed E-state index contributed by atoms with van der Waals surface area (Å²) in [5.41, 5.74) is -0.681. The number of alkyl carbamates (subject to hydrolysis) is 1. The summed E-state index contributed by atoms with van der Waals surface area (Å²) in [6, 6.07) is -1.18. The van der Waals surface area contributed by atoms with E-state index in [1.165, 1.54) is 0 Å². The van der Waals surface area contributed by atoms with Gasteiger partial charge in [0.15, 0.2) is 0 Å². The zero-order chi connectivity index (χ0) is 12.8. The molecule has 0 saturated carbocycles. The maximum Gasteiger partial charge on any atom is 0.408 e. The number of ether oxygens (including phenoxy) is 1. The van der Waals surface area contributed by atoms with Gasteiger partial charge in [0, 0.05) is 0 Å². The summed E-state index contributed by atoms with van der Waals surface area (Å²) in [5, 5.41) is 4.91. The monoisotopic (exact) mass is 238 g/mol. The Bertz CT molecular complexity index is 217. The highest BCUT2D eigenvalue weighted by atomic mass is 19.3. The van der Waals surface area contributed by atoms with E-state index >= 15 is 0 Å². The van der Waals surface area contributed by atoms with E-state index in [-0.39, 0.29) is 6.42 Å². The Hall–Kier alpha value is -0.910. The first-order valence-electron chi connectivity index (χ1n) is 5.18. The number of carbonyl (C=O) groups is 1. The molecule has 1 atom stereocenters. The Morgan fingerprint density at radius 2 is 1.94 bits per heavy atom. The number of alkyl halides is 2. The van der Waals surface area contributed by atoms with Crippen LogP contribution < -0.4 is 10.6 Å². The highest BCUT2D eigenvalue weighted by molar-refractivity contribution is 5.68. The molecule has 0 aromatic rings. The zero-order valence-corrected chi connectivity index (χ0v) is 10.1. The zero-order valence-electron chi connectivity index (χ0n) is 10.1. The summed E-state index contributed by atoms with van der Waals surface area (Å²) in [5.74, 6) is 0. The van der Waals surface area contributed by atoms with Crippen LogP contribution >= 0.6 is 0 Å². The van der Waals surface area contributed by atoms with Crippen molar-refractivity contribution in [1.82, 2.24) is 10.6 Å². The molecule has 0 bridgehead atoms. The van der Waals surface area contributed by atoms with Gasteiger partial charge in [0.25, 0.3) is 6.43 Å². The van der Waals surface area contributed by atoms with Crippen molar-refractivity contribution in [3.8, 4) is 0 Å². The molecule has 4 nitrogen and oxygen atoms in total. The van der Waals surface area contributed by atoms with Crippen LogP contribution in [-0.4, -0.2) is 37.8 Å². The maximum absolute atomic E-state index is 12.5. The lowest BCUT2D eigenvalue weighted by atomic mass is 10.2. The van der Waals surface area contributed by atoms with Gasteiger partial charge in [-0.3, -0.25) is 0 Å². The molecule has 0 heterocycles. The Morgan fingerprint density at radius 1 is 1.38 bits per heavy atom. The van der Waals surface area contributed by atoms with Gasteiger partial charge in [-0.15, -0.1) is 0 Å². The van der Waals surface area contributed by atoms with Gasteiger partial charge < -0.3 is 15.4 Å². The van der Waals surface area contributed by atoms with Crippen LogP contribution in [0.2, 0.25) is 0 Å². The molecule has 1 amide bonds. The van der Waals surface area contributed by atoms with E-state index in [0.29, 0.717) is 6.54 Å². The fraction of sp³-hybridized carbons (Fsp3) is 0.900. The lowest BCUT2D eigenvalue weighted by molar-refractivity contribution is 0.0366. The SMILES string of the molecule is CNCCC(NC(=O)OC(C)(C)C)C(F)F. The van der Waals surface area contributed by atoms with Crippen molar-refractivity contribution >= 4 is 6.09 Å². The molecule has 1 unspecified atom stereocenters. The molecular weight excluding hydrogens is 218 g/mol.